The molecule has 1 aliphatic carbocycles. The van der Waals surface area contributed by atoms with Gasteiger partial charge in [0.05, 0.1) is 16.4 Å². The Kier molecular flexibility index (Phi) is 4.37. The van der Waals surface area contributed by atoms with Crippen molar-refractivity contribution < 1.29 is 4.39 Å². The Morgan fingerprint density at radius 1 is 1.30 bits per heavy atom. The van der Waals surface area contributed by atoms with E-state index in [4.69, 9.17) is 23.2 Å². The molecule has 4 nitrogen and oxygen atoms in total. The number of aromatic nitrogens is 1. The highest BCUT2D eigenvalue weighted by molar-refractivity contribution is 6.35. The minimum Gasteiger partial charge on any atom is -0.396 e. The number of rotatable bonds is 3. The number of hydrazine groups is 1. The van der Waals surface area contributed by atoms with Crippen LogP contribution in [-0.2, 0) is 0 Å². The van der Waals surface area contributed by atoms with Crippen LogP contribution in [0.1, 0.15) is 24.0 Å². The van der Waals surface area contributed by atoms with Crippen molar-refractivity contribution in [1.29, 1.82) is 0 Å². The van der Waals surface area contributed by atoms with Gasteiger partial charge in [0.1, 0.15) is 0 Å². The monoisotopic (exact) mass is 330 g/mol. The van der Waals surface area contributed by atoms with E-state index in [0.29, 0.717) is 33.4 Å². The highest BCUT2D eigenvalue weighted by Gasteiger charge is 2.24. The van der Waals surface area contributed by atoms with Crippen molar-refractivity contribution in [2.75, 3.05) is 17.3 Å². The topological polar surface area (TPSA) is 68.2 Å². The predicted molar refractivity (Wildman–Crippen MR) is 90.3 cm³/mol. The van der Waals surface area contributed by atoms with Gasteiger partial charge < -0.3 is 10.7 Å². The van der Waals surface area contributed by atoms with E-state index in [0.717, 1.165) is 6.54 Å². The van der Waals surface area contributed by atoms with E-state index < -0.39 is 5.95 Å². The summed E-state index contributed by atoms with van der Waals surface area (Å²) < 4.78 is 13.0. The number of hydrogen-bond acceptors (Lipinski definition) is 4. The quantitative estimate of drug-likeness (QED) is 0.298. The maximum atomic E-state index is 13.0. The van der Waals surface area contributed by atoms with Crippen LogP contribution in [0.3, 0.4) is 0 Å². The number of nitrogens with two attached hydrogens (primary N) is 2. The molecule has 23 heavy (non-hydrogen) atoms. The fourth-order valence-corrected chi connectivity index (χ4v) is 2.43. The second-order valence-electron chi connectivity index (χ2n) is 5.57. The van der Waals surface area contributed by atoms with Crippen molar-refractivity contribution in [3.05, 3.63) is 52.6 Å². The zero-order valence-electron chi connectivity index (χ0n) is 12.4. The van der Waals surface area contributed by atoms with E-state index in [1.54, 1.807) is 23.2 Å². The Bertz CT molecular complexity index is 793. The van der Waals surface area contributed by atoms with Crippen LogP contribution in [0, 0.1) is 23.7 Å². The van der Waals surface area contributed by atoms with E-state index in [9.17, 15) is 4.39 Å². The van der Waals surface area contributed by atoms with Gasteiger partial charge in [-0.3, -0.25) is 0 Å². The Morgan fingerprint density at radius 3 is 2.78 bits per heavy atom. The van der Waals surface area contributed by atoms with Crippen molar-refractivity contribution in [2.45, 2.75) is 12.8 Å². The first-order valence-electron chi connectivity index (χ1n) is 7.28. The van der Waals surface area contributed by atoms with E-state index in [-0.39, 0.29) is 0 Å². The minimum absolute atomic E-state index is 0.357. The second kappa shape index (κ2) is 6.45. The molecule has 1 aromatic carbocycles. The maximum Gasteiger partial charge on any atom is 0.214 e. The highest BCUT2D eigenvalue weighted by Crippen LogP contribution is 2.35. The maximum absolute atomic E-state index is 13.0. The Balaban J connectivity index is 1.85. The van der Waals surface area contributed by atoms with Crippen LogP contribution in [0.5, 0.6) is 0 Å². The molecule has 1 fully saturated rings. The molecule has 0 aliphatic heterocycles. The van der Waals surface area contributed by atoms with Crippen molar-refractivity contribution in [3.8, 4) is 11.8 Å². The molecular formula is C17H16ClFN4. The lowest BCUT2D eigenvalue weighted by molar-refractivity contribution is 0.583. The van der Waals surface area contributed by atoms with Gasteiger partial charge >= 0.3 is 0 Å². The average Bonchev–Trinajstić information content (AvgIpc) is 3.32. The van der Waals surface area contributed by atoms with Crippen LogP contribution in [0.4, 0.5) is 15.8 Å². The van der Waals surface area contributed by atoms with Crippen molar-refractivity contribution >= 4 is 23.0 Å². The lowest BCUT2D eigenvalue weighted by atomic mass is 10.1. The summed E-state index contributed by atoms with van der Waals surface area (Å²) in [7, 11) is 0. The molecule has 1 aliphatic rings. The fourth-order valence-electron chi connectivity index (χ4n) is 2.23. The first kappa shape index (κ1) is 15.6. The number of nitrogens with zero attached hydrogens (tertiary/aromatic N) is 2. The number of nitrogen functional groups attached to an aromatic ring is 1. The predicted octanol–water partition coefficient (Wildman–Crippen LogP) is 2.95. The number of pyridine rings is 1. The molecule has 1 saturated carbocycles. The Morgan fingerprint density at radius 2 is 2.09 bits per heavy atom. The van der Waals surface area contributed by atoms with Gasteiger partial charge in [0.15, 0.2) is 0 Å². The summed E-state index contributed by atoms with van der Waals surface area (Å²) in [5.41, 5.74) is 8.28. The van der Waals surface area contributed by atoms with Gasteiger partial charge in [-0.15, -0.1) is 0 Å². The highest BCUT2D eigenvalue weighted by atomic mass is 35.5. The van der Waals surface area contributed by atoms with Crippen molar-refractivity contribution in [2.24, 2.45) is 11.8 Å². The van der Waals surface area contributed by atoms with Gasteiger partial charge in [0.25, 0.3) is 0 Å². The number of halogens is 2. The Labute approximate surface area is 139 Å². The number of benzene rings is 1. The lowest BCUT2D eigenvalue weighted by Gasteiger charge is -2.21. The third-order valence-electron chi connectivity index (χ3n) is 3.69. The molecule has 6 heteroatoms. The number of hydrogen-bond donors (Lipinski definition) is 2. The second-order valence-corrected chi connectivity index (χ2v) is 5.95. The van der Waals surface area contributed by atoms with Crippen LogP contribution < -0.4 is 16.6 Å². The molecule has 0 atom stereocenters. The van der Waals surface area contributed by atoms with Gasteiger partial charge in [-0.2, -0.15) is 4.39 Å². The van der Waals surface area contributed by atoms with Gasteiger partial charge in [-0.25, -0.2) is 10.8 Å². The molecular weight excluding hydrogens is 315 g/mol. The van der Waals surface area contributed by atoms with E-state index in [2.05, 4.69) is 16.8 Å². The van der Waals surface area contributed by atoms with Crippen LogP contribution in [-0.4, -0.2) is 11.5 Å². The first-order valence-corrected chi connectivity index (χ1v) is 7.66. The summed E-state index contributed by atoms with van der Waals surface area (Å²) in [4.78, 5) is 3.49. The van der Waals surface area contributed by atoms with Crippen LogP contribution >= 0.6 is 11.6 Å². The SMILES string of the molecule is Nc1c(N(N)CC2CC2)ccc(C#Cc2ccnc(F)c2)c1Cl. The molecule has 1 heterocycles. The normalized spacial score (nSPS) is 13.3. The van der Waals surface area contributed by atoms with Gasteiger partial charge in [0.2, 0.25) is 5.95 Å². The molecule has 3 rings (SSSR count). The minimum atomic E-state index is -0.573. The van der Waals surface area contributed by atoms with Crippen LogP contribution in [0.2, 0.25) is 5.02 Å². The van der Waals surface area contributed by atoms with Crippen molar-refractivity contribution in [3.63, 3.8) is 0 Å². The third-order valence-corrected chi connectivity index (χ3v) is 4.09. The molecule has 0 bridgehead atoms. The molecule has 4 N–H and O–H groups in total. The molecule has 1 aromatic heterocycles. The molecule has 118 valence electrons. The molecule has 0 saturated heterocycles. The summed E-state index contributed by atoms with van der Waals surface area (Å²) >= 11 is 6.30. The third kappa shape index (κ3) is 3.73. The summed E-state index contributed by atoms with van der Waals surface area (Å²) in [6, 6.07) is 6.46. The van der Waals surface area contributed by atoms with Crippen molar-refractivity contribution in [1.82, 2.24) is 4.98 Å². The van der Waals surface area contributed by atoms with E-state index in [1.165, 1.54) is 25.1 Å². The first-order chi connectivity index (χ1) is 11.0. The summed E-state index contributed by atoms with van der Waals surface area (Å²) in [6.07, 6.45) is 3.77. The summed E-state index contributed by atoms with van der Waals surface area (Å²) in [5, 5.41) is 1.99. The van der Waals surface area contributed by atoms with E-state index in [1.807, 2.05) is 0 Å². The summed E-state index contributed by atoms with van der Waals surface area (Å²) in [6.45, 7) is 0.766. The molecule has 0 amide bonds. The smallest absolute Gasteiger partial charge is 0.214 e. The Hall–Kier alpha value is -2.29. The summed E-state index contributed by atoms with van der Waals surface area (Å²) in [5.74, 6) is 11.9. The zero-order valence-corrected chi connectivity index (χ0v) is 13.1. The number of anilines is 2. The fraction of sp³-hybridized carbons (Fsp3) is 0.235. The molecule has 2 aromatic rings. The molecule has 0 spiro atoms. The average molecular weight is 331 g/mol. The van der Waals surface area contributed by atoms with Gasteiger partial charge in [-0.1, -0.05) is 23.4 Å². The standard InChI is InChI=1S/C17H16ClFN4/c18-16-13(4-3-11-7-8-22-15(19)9-11)5-6-14(17(16)20)23(21)10-12-1-2-12/h5-9,12H,1-2,10,20-21H2. The van der Waals surface area contributed by atoms with Crippen LogP contribution in [0.25, 0.3) is 0 Å². The zero-order chi connectivity index (χ0) is 16.4. The van der Waals surface area contributed by atoms with Gasteiger partial charge in [0, 0.05) is 29.9 Å². The lowest BCUT2D eigenvalue weighted by Crippen LogP contribution is -2.33. The molecule has 0 radical (unpaired) electrons. The largest absolute Gasteiger partial charge is 0.396 e. The molecule has 0 unspecified atom stereocenters. The van der Waals surface area contributed by atoms with Crippen LogP contribution in [0.15, 0.2) is 30.5 Å². The van der Waals surface area contributed by atoms with E-state index >= 15 is 0 Å². The van der Waals surface area contributed by atoms with Gasteiger partial charge in [-0.05, 0) is 37.0 Å².